The summed E-state index contributed by atoms with van der Waals surface area (Å²) in [7, 11) is 1.56. The lowest BCUT2D eigenvalue weighted by molar-refractivity contribution is -0.136. The van der Waals surface area contributed by atoms with Gasteiger partial charge in [-0.2, -0.15) is 0 Å². The minimum Gasteiger partial charge on any atom is -0.496 e. The van der Waals surface area contributed by atoms with E-state index in [0.29, 0.717) is 5.75 Å². The molecule has 0 unspecified atom stereocenters. The fourth-order valence-corrected chi connectivity index (χ4v) is 2.16. The van der Waals surface area contributed by atoms with Gasteiger partial charge < -0.3 is 14.8 Å². The highest BCUT2D eigenvalue weighted by atomic mass is 16.5. The topological polar surface area (TPSA) is 62.3 Å². The molecule has 17 heavy (non-hydrogen) atoms. The average molecular weight is 233 g/mol. The molecule has 0 fully saturated rings. The Morgan fingerprint density at radius 3 is 2.71 bits per heavy atom. The number of methoxy groups -OCH3 is 1. The number of fused-ring (bicyclic) bond motifs is 1. The second-order valence-electron chi connectivity index (χ2n) is 4.11. The zero-order chi connectivity index (χ0) is 12.6. The number of carboxylic acid groups (broad SMARTS) is 1. The first-order chi connectivity index (χ1) is 8.04. The van der Waals surface area contributed by atoms with Gasteiger partial charge in [0.2, 0.25) is 0 Å². The molecule has 0 saturated heterocycles. The van der Waals surface area contributed by atoms with Gasteiger partial charge in [-0.1, -0.05) is 0 Å². The smallest absolute Gasteiger partial charge is 0.307 e. The molecule has 0 aliphatic rings. The molecule has 2 N–H and O–H groups in total. The molecule has 1 aromatic heterocycles. The quantitative estimate of drug-likeness (QED) is 0.855. The number of aromatic amines is 1. The number of aryl methyl sites for hydroxylation is 2. The number of H-pyrrole nitrogens is 1. The Morgan fingerprint density at radius 2 is 2.12 bits per heavy atom. The van der Waals surface area contributed by atoms with Crippen molar-refractivity contribution in [2.75, 3.05) is 7.11 Å². The van der Waals surface area contributed by atoms with Crippen LogP contribution in [0.3, 0.4) is 0 Å². The first-order valence-electron chi connectivity index (χ1n) is 5.41. The van der Waals surface area contributed by atoms with Crippen molar-refractivity contribution < 1.29 is 14.6 Å². The van der Waals surface area contributed by atoms with Crippen LogP contribution in [0.2, 0.25) is 0 Å². The van der Waals surface area contributed by atoms with Crippen LogP contribution >= 0.6 is 0 Å². The third-order valence-corrected chi connectivity index (χ3v) is 3.08. The molecule has 0 atom stereocenters. The lowest BCUT2D eigenvalue weighted by atomic mass is 10.0. The number of hydrogen-bond donors (Lipinski definition) is 2. The van der Waals surface area contributed by atoms with Crippen molar-refractivity contribution in [2.24, 2.45) is 0 Å². The zero-order valence-electron chi connectivity index (χ0n) is 10.1. The molecule has 1 aromatic carbocycles. The second kappa shape index (κ2) is 4.13. The lowest BCUT2D eigenvalue weighted by Gasteiger charge is -2.08. The summed E-state index contributed by atoms with van der Waals surface area (Å²) < 4.78 is 5.24. The second-order valence-corrected chi connectivity index (χ2v) is 4.11. The van der Waals surface area contributed by atoms with Crippen LogP contribution in [-0.2, 0) is 11.2 Å². The van der Waals surface area contributed by atoms with Crippen LogP contribution in [0, 0.1) is 13.8 Å². The monoisotopic (exact) mass is 233 g/mol. The Morgan fingerprint density at radius 1 is 1.41 bits per heavy atom. The zero-order valence-corrected chi connectivity index (χ0v) is 10.1. The maximum absolute atomic E-state index is 10.9. The number of benzene rings is 1. The van der Waals surface area contributed by atoms with Gasteiger partial charge in [0.05, 0.1) is 13.5 Å². The summed E-state index contributed by atoms with van der Waals surface area (Å²) in [6.07, 6.45) is -0.0291. The number of nitrogens with one attached hydrogen (secondary N) is 1. The molecular formula is C13H15NO3. The van der Waals surface area contributed by atoms with Gasteiger partial charge in [0.15, 0.2) is 0 Å². The van der Waals surface area contributed by atoms with Crippen LogP contribution in [0.5, 0.6) is 5.75 Å². The molecule has 0 bridgehead atoms. The molecule has 0 amide bonds. The van der Waals surface area contributed by atoms with E-state index in [-0.39, 0.29) is 6.42 Å². The van der Waals surface area contributed by atoms with Crippen LogP contribution in [0.15, 0.2) is 12.1 Å². The van der Waals surface area contributed by atoms with E-state index in [1.54, 1.807) is 13.2 Å². The first-order valence-corrected chi connectivity index (χ1v) is 5.41. The summed E-state index contributed by atoms with van der Waals surface area (Å²) in [6.45, 7) is 3.96. The molecule has 0 aliphatic heterocycles. The third-order valence-electron chi connectivity index (χ3n) is 3.08. The van der Waals surface area contributed by atoms with Crippen molar-refractivity contribution in [3.8, 4) is 5.75 Å². The van der Waals surface area contributed by atoms with Crippen molar-refractivity contribution in [3.05, 3.63) is 29.0 Å². The standard InChI is InChI=1S/C13H15NO3/c1-7-8(2)14-10-4-5-11(17-3)9(13(7)10)6-12(15)16/h4-5,14H,6H2,1-3H3,(H,15,16). The normalized spacial score (nSPS) is 10.8. The van der Waals surface area contributed by atoms with Crippen LogP contribution in [-0.4, -0.2) is 23.2 Å². The summed E-state index contributed by atoms with van der Waals surface area (Å²) >= 11 is 0. The maximum atomic E-state index is 10.9. The Bertz CT molecular complexity index is 584. The molecule has 90 valence electrons. The number of carboxylic acids is 1. The number of carbonyl (C=O) groups is 1. The van der Waals surface area contributed by atoms with Crippen molar-refractivity contribution in [3.63, 3.8) is 0 Å². The Balaban J connectivity index is 2.76. The summed E-state index contributed by atoms with van der Waals surface area (Å²) in [5.41, 5.74) is 3.83. The van der Waals surface area contributed by atoms with Gasteiger partial charge in [-0.15, -0.1) is 0 Å². The maximum Gasteiger partial charge on any atom is 0.307 e. The Hall–Kier alpha value is -1.97. The van der Waals surface area contributed by atoms with Gasteiger partial charge in [-0.25, -0.2) is 0 Å². The molecule has 4 nitrogen and oxygen atoms in total. The van der Waals surface area contributed by atoms with Crippen LogP contribution in [0.1, 0.15) is 16.8 Å². The van der Waals surface area contributed by atoms with Gasteiger partial charge in [-0.3, -0.25) is 4.79 Å². The van der Waals surface area contributed by atoms with E-state index in [4.69, 9.17) is 9.84 Å². The third kappa shape index (κ3) is 1.86. The SMILES string of the molecule is COc1ccc2[nH]c(C)c(C)c2c1CC(=O)O. The van der Waals surface area contributed by atoms with Gasteiger partial charge in [0.25, 0.3) is 0 Å². The molecular weight excluding hydrogens is 218 g/mol. The van der Waals surface area contributed by atoms with Crippen molar-refractivity contribution >= 4 is 16.9 Å². The fourth-order valence-electron chi connectivity index (χ4n) is 2.16. The van der Waals surface area contributed by atoms with E-state index >= 15 is 0 Å². The number of rotatable bonds is 3. The Kier molecular flexibility index (Phi) is 2.79. The van der Waals surface area contributed by atoms with Gasteiger partial charge in [0.1, 0.15) is 5.75 Å². The summed E-state index contributed by atoms with van der Waals surface area (Å²) in [5, 5.41) is 9.94. The number of aliphatic carboxylic acids is 1. The molecule has 0 radical (unpaired) electrons. The predicted molar refractivity (Wildman–Crippen MR) is 65.7 cm³/mol. The van der Waals surface area contributed by atoms with Gasteiger partial charge >= 0.3 is 5.97 Å². The first kappa shape index (κ1) is 11.5. The molecule has 0 saturated carbocycles. The van der Waals surface area contributed by atoms with Crippen molar-refractivity contribution in [1.29, 1.82) is 0 Å². The number of hydrogen-bond acceptors (Lipinski definition) is 2. The number of ether oxygens (including phenoxy) is 1. The molecule has 0 spiro atoms. The summed E-state index contributed by atoms with van der Waals surface area (Å²) in [5.74, 6) is -0.226. The van der Waals surface area contributed by atoms with E-state index in [9.17, 15) is 4.79 Å². The van der Waals surface area contributed by atoms with Crippen LogP contribution in [0.4, 0.5) is 0 Å². The number of aromatic nitrogens is 1. The highest BCUT2D eigenvalue weighted by Crippen LogP contribution is 2.32. The minimum atomic E-state index is -0.853. The lowest BCUT2D eigenvalue weighted by Crippen LogP contribution is -2.03. The molecule has 0 aliphatic carbocycles. The predicted octanol–water partition coefficient (Wildman–Crippen LogP) is 2.42. The summed E-state index contributed by atoms with van der Waals surface area (Å²) in [4.78, 5) is 14.2. The van der Waals surface area contributed by atoms with E-state index in [1.807, 2.05) is 19.9 Å². The fraction of sp³-hybridized carbons (Fsp3) is 0.308. The molecule has 1 heterocycles. The van der Waals surface area contributed by atoms with Crippen molar-refractivity contribution in [1.82, 2.24) is 4.98 Å². The van der Waals surface area contributed by atoms with E-state index in [2.05, 4.69) is 4.98 Å². The van der Waals surface area contributed by atoms with Crippen molar-refractivity contribution in [2.45, 2.75) is 20.3 Å². The highest BCUT2D eigenvalue weighted by molar-refractivity contribution is 5.92. The summed E-state index contributed by atoms with van der Waals surface area (Å²) in [6, 6.07) is 3.72. The van der Waals surface area contributed by atoms with E-state index < -0.39 is 5.97 Å². The minimum absolute atomic E-state index is 0.0291. The van der Waals surface area contributed by atoms with Gasteiger partial charge in [-0.05, 0) is 31.5 Å². The molecule has 2 rings (SSSR count). The van der Waals surface area contributed by atoms with E-state index in [0.717, 1.165) is 27.7 Å². The largest absolute Gasteiger partial charge is 0.496 e. The Labute approximate surface area is 99.2 Å². The average Bonchev–Trinajstić information content (AvgIpc) is 2.55. The van der Waals surface area contributed by atoms with Gasteiger partial charge in [0, 0.05) is 22.2 Å². The van der Waals surface area contributed by atoms with Crippen LogP contribution < -0.4 is 4.74 Å². The highest BCUT2D eigenvalue weighted by Gasteiger charge is 2.16. The molecule has 4 heteroatoms. The molecule has 2 aromatic rings. The van der Waals surface area contributed by atoms with Crippen LogP contribution in [0.25, 0.3) is 10.9 Å². The van der Waals surface area contributed by atoms with E-state index in [1.165, 1.54) is 0 Å².